The first-order valence-electron chi connectivity index (χ1n) is 9.30. The highest BCUT2D eigenvalue weighted by molar-refractivity contribution is 5.80. The summed E-state index contributed by atoms with van der Waals surface area (Å²) in [5, 5.41) is 8.52. The van der Waals surface area contributed by atoms with Crippen LogP contribution in [0.15, 0.2) is 31.1 Å². The van der Waals surface area contributed by atoms with Crippen LogP contribution in [0.2, 0.25) is 0 Å². The highest BCUT2D eigenvalue weighted by atomic mass is 16.7. The van der Waals surface area contributed by atoms with E-state index in [1.807, 2.05) is 33.0 Å². The average Bonchev–Trinajstić information content (AvgIpc) is 3.16. The number of alkyl carbamates (subject to hydrolysis) is 1. The standard InChI is InChI=1S/C19H27N5O4/c1-5-8-27-24-16-9-15(12-22(13-16)18(24)26)23-11-14(10-21-23)6-7-20-17(25)28-19(2,3)4/h5,9-11,16H,1,6-8,12-13H2,2-4H3,(H,20,25). The second kappa shape index (κ2) is 8.05. The van der Waals surface area contributed by atoms with Crippen LogP contribution in [0.25, 0.3) is 5.70 Å². The summed E-state index contributed by atoms with van der Waals surface area (Å²) in [7, 11) is 0. The van der Waals surface area contributed by atoms with E-state index in [0.29, 0.717) is 26.1 Å². The Morgan fingerprint density at radius 3 is 2.96 bits per heavy atom. The molecule has 3 rings (SSSR count). The van der Waals surface area contributed by atoms with Gasteiger partial charge in [0.1, 0.15) is 5.60 Å². The lowest BCUT2D eigenvalue weighted by atomic mass is 10.2. The molecule has 2 aliphatic heterocycles. The van der Waals surface area contributed by atoms with E-state index in [9.17, 15) is 9.59 Å². The van der Waals surface area contributed by atoms with Crippen LogP contribution in [-0.4, -0.2) is 69.8 Å². The molecule has 9 heteroatoms. The van der Waals surface area contributed by atoms with E-state index in [2.05, 4.69) is 17.0 Å². The van der Waals surface area contributed by atoms with Crippen molar-refractivity contribution in [2.24, 2.45) is 0 Å². The van der Waals surface area contributed by atoms with E-state index in [4.69, 9.17) is 9.57 Å². The van der Waals surface area contributed by atoms with Crippen LogP contribution in [0.4, 0.5) is 9.59 Å². The molecule has 1 saturated heterocycles. The second-order valence-electron chi connectivity index (χ2n) is 7.77. The van der Waals surface area contributed by atoms with E-state index < -0.39 is 11.7 Å². The summed E-state index contributed by atoms with van der Waals surface area (Å²) in [5.41, 5.74) is 1.38. The van der Waals surface area contributed by atoms with Crippen molar-refractivity contribution >= 4 is 17.8 Å². The fraction of sp³-hybridized carbons (Fsp3) is 0.526. The van der Waals surface area contributed by atoms with Gasteiger partial charge in [0.15, 0.2) is 0 Å². The second-order valence-corrected chi connectivity index (χ2v) is 7.77. The Balaban J connectivity index is 1.56. The van der Waals surface area contributed by atoms with Crippen molar-refractivity contribution < 1.29 is 19.2 Å². The highest BCUT2D eigenvalue weighted by Crippen LogP contribution is 2.26. The van der Waals surface area contributed by atoms with Crippen molar-refractivity contribution in [2.45, 2.75) is 38.8 Å². The first-order valence-corrected chi connectivity index (χ1v) is 9.30. The minimum absolute atomic E-state index is 0.141. The Morgan fingerprint density at radius 2 is 2.25 bits per heavy atom. The van der Waals surface area contributed by atoms with Gasteiger partial charge in [-0.05, 0) is 38.8 Å². The Morgan fingerprint density at radius 1 is 1.46 bits per heavy atom. The number of hydroxylamine groups is 2. The van der Waals surface area contributed by atoms with Crippen LogP contribution < -0.4 is 5.32 Å². The number of carbonyl (C=O) groups excluding carboxylic acids is 2. The molecule has 1 atom stereocenters. The molecule has 0 spiro atoms. The van der Waals surface area contributed by atoms with Gasteiger partial charge in [-0.2, -0.15) is 10.2 Å². The van der Waals surface area contributed by atoms with Crippen molar-refractivity contribution in [3.63, 3.8) is 0 Å². The summed E-state index contributed by atoms with van der Waals surface area (Å²) in [5.74, 6) is 0. The number of rotatable bonds is 7. The lowest BCUT2D eigenvalue weighted by Crippen LogP contribution is -2.33. The molecule has 0 saturated carbocycles. The molecule has 28 heavy (non-hydrogen) atoms. The smallest absolute Gasteiger partial charge is 0.407 e. The summed E-state index contributed by atoms with van der Waals surface area (Å²) < 4.78 is 6.98. The lowest BCUT2D eigenvalue weighted by molar-refractivity contribution is -0.107. The first kappa shape index (κ1) is 19.9. The maximum Gasteiger partial charge on any atom is 0.407 e. The fourth-order valence-corrected chi connectivity index (χ4v) is 3.08. The van der Waals surface area contributed by atoms with E-state index in [1.54, 1.807) is 21.9 Å². The lowest BCUT2D eigenvalue weighted by Gasteiger charge is -2.21. The molecule has 1 aromatic heterocycles. The van der Waals surface area contributed by atoms with Gasteiger partial charge in [-0.1, -0.05) is 6.08 Å². The van der Waals surface area contributed by atoms with Gasteiger partial charge in [-0.25, -0.2) is 14.3 Å². The molecule has 1 aromatic rings. The molecule has 0 radical (unpaired) electrons. The largest absolute Gasteiger partial charge is 0.444 e. The molecule has 3 amide bonds. The van der Waals surface area contributed by atoms with Crippen LogP contribution in [0.3, 0.4) is 0 Å². The predicted octanol–water partition coefficient (Wildman–Crippen LogP) is 2.03. The molecule has 3 heterocycles. The van der Waals surface area contributed by atoms with Crippen LogP contribution in [0.1, 0.15) is 26.3 Å². The van der Waals surface area contributed by atoms with Gasteiger partial charge >= 0.3 is 12.1 Å². The molecule has 1 unspecified atom stereocenters. The maximum absolute atomic E-state index is 12.4. The number of nitrogens with one attached hydrogen (secondary N) is 1. The molecule has 1 N–H and O–H groups in total. The van der Waals surface area contributed by atoms with Gasteiger partial charge in [0.05, 0.1) is 31.1 Å². The SMILES string of the molecule is C=CCON1C(=O)N2CC(n3cc(CCNC(=O)OC(C)(C)C)cn3)=CC1C2. The molecule has 152 valence electrons. The minimum atomic E-state index is -0.516. The van der Waals surface area contributed by atoms with Crippen molar-refractivity contribution in [3.8, 4) is 0 Å². The number of hydrogen-bond acceptors (Lipinski definition) is 5. The number of aromatic nitrogens is 2. The number of ether oxygens (including phenoxy) is 1. The topological polar surface area (TPSA) is 88.9 Å². The number of nitrogens with zero attached hydrogens (tertiary/aromatic N) is 4. The van der Waals surface area contributed by atoms with Crippen LogP contribution in [0.5, 0.6) is 0 Å². The van der Waals surface area contributed by atoms with Crippen LogP contribution in [0, 0.1) is 0 Å². The quantitative estimate of drug-likeness (QED) is 0.721. The van der Waals surface area contributed by atoms with Gasteiger partial charge in [0.2, 0.25) is 0 Å². The third-order valence-electron chi connectivity index (χ3n) is 4.25. The zero-order chi connectivity index (χ0) is 20.3. The van der Waals surface area contributed by atoms with E-state index in [0.717, 1.165) is 11.3 Å². The van der Waals surface area contributed by atoms with E-state index >= 15 is 0 Å². The van der Waals surface area contributed by atoms with E-state index in [-0.39, 0.29) is 18.7 Å². The molecule has 2 bridgehead atoms. The van der Waals surface area contributed by atoms with Crippen molar-refractivity contribution in [1.82, 2.24) is 25.1 Å². The van der Waals surface area contributed by atoms with Crippen molar-refractivity contribution in [2.75, 3.05) is 26.2 Å². The molecule has 9 nitrogen and oxygen atoms in total. The van der Waals surface area contributed by atoms with Gasteiger partial charge < -0.3 is 15.0 Å². The fourth-order valence-electron chi connectivity index (χ4n) is 3.08. The minimum Gasteiger partial charge on any atom is -0.444 e. The number of hydrogen-bond donors (Lipinski definition) is 1. The van der Waals surface area contributed by atoms with Gasteiger partial charge in [0.25, 0.3) is 0 Å². The average molecular weight is 389 g/mol. The molecule has 0 aromatic carbocycles. The van der Waals surface area contributed by atoms with Gasteiger partial charge in [0, 0.05) is 19.3 Å². The van der Waals surface area contributed by atoms with Gasteiger partial charge in [-0.3, -0.25) is 4.84 Å². The zero-order valence-electron chi connectivity index (χ0n) is 16.6. The summed E-state index contributed by atoms with van der Waals surface area (Å²) in [6.07, 6.45) is 7.48. The van der Waals surface area contributed by atoms with E-state index in [1.165, 1.54) is 5.06 Å². The van der Waals surface area contributed by atoms with Crippen molar-refractivity contribution in [3.05, 3.63) is 36.7 Å². The molecular weight excluding hydrogens is 362 g/mol. The Bertz CT molecular complexity index is 780. The Labute approximate surface area is 164 Å². The van der Waals surface area contributed by atoms with Crippen LogP contribution >= 0.6 is 0 Å². The van der Waals surface area contributed by atoms with Gasteiger partial charge in [-0.15, -0.1) is 6.58 Å². The Hall–Kier alpha value is -2.81. The summed E-state index contributed by atoms with van der Waals surface area (Å²) in [6.45, 7) is 10.9. The zero-order valence-corrected chi connectivity index (χ0v) is 16.6. The van der Waals surface area contributed by atoms with Crippen LogP contribution in [-0.2, 0) is 16.0 Å². The highest BCUT2D eigenvalue weighted by Gasteiger charge is 2.41. The maximum atomic E-state index is 12.4. The van der Waals surface area contributed by atoms with Crippen molar-refractivity contribution in [1.29, 1.82) is 0 Å². The summed E-state index contributed by atoms with van der Waals surface area (Å²) in [6, 6.07) is -0.287. The Kier molecular flexibility index (Phi) is 5.73. The monoisotopic (exact) mass is 389 g/mol. The molecule has 2 aliphatic rings. The summed E-state index contributed by atoms with van der Waals surface area (Å²) >= 11 is 0. The third-order valence-corrected chi connectivity index (χ3v) is 4.25. The number of amides is 3. The number of carbonyl (C=O) groups is 2. The predicted molar refractivity (Wildman–Crippen MR) is 103 cm³/mol. The number of fused-ring (bicyclic) bond motifs is 2. The first-order chi connectivity index (χ1) is 13.3. The molecule has 0 aliphatic carbocycles. The molecular formula is C19H27N5O4. The third kappa shape index (κ3) is 4.72. The number of urea groups is 1. The summed E-state index contributed by atoms with van der Waals surface area (Å²) in [4.78, 5) is 31.3. The molecule has 1 fully saturated rings. The normalized spacial score (nSPS) is 18.9.